The van der Waals surface area contributed by atoms with Gasteiger partial charge in [-0.25, -0.2) is 4.98 Å². The summed E-state index contributed by atoms with van der Waals surface area (Å²) in [5.41, 5.74) is 7.07. The molecule has 0 bridgehead atoms. The summed E-state index contributed by atoms with van der Waals surface area (Å²) in [6.07, 6.45) is 4.02. The highest BCUT2D eigenvalue weighted by Gasteiger charge is 2.18. The molecule has 3 aromatic rings. The Kier molecular flexibility index (Phi) is 3.41. The number of hydrogen-bond donors (Lipinski definition) is 2. The van der Waals surface area contributed by atoms with Crippen molar-refractivity contribution in [2.45, 2.75) is 12.5 Å². The fraction of sp³-hybridized carbons (Fsp3) is 0.214. The first kappa shape index (κ1) is 13.3. The number of benzene rings is 1. The van der Waals surface area contributed by atoms with Crippen LogP contribution in [0.5, 0.6) is 5.75 Å². The largest absolute Gasteiger partial charge is 0.508 e. The molecular weight excluding hydrogens is 270 g/mol. The van der Waals surface area contributed by atoms with E-state index in [-0.39, 0.29) is 5.75 Å². The van der Waals surface area contributed by atoms with Crippen molar-refractivity contribution in [2.24, 2.45) is 12.8 Å². The molecule has 2 aromatic heterocycles. The van der Waals surface area contributed by atoms with E-state index in [0.29, 0.717) is 24.0 Å². The maximum atomic E-state index is 9.26. The molecule has 0 aliphatic heterocycles. The third-order valence-electron chi connectivity index (χ3n) is 3.17. The smallest absolute Gasteiger partial charge is 0.244 e. The summed E-state index contributed by atoms with van der Waals surface area (Å²) in [6, 6.07) is 6.46. The van der Waals surface area contributed by atoms with Crippen LogP contribution in [0, 0.1) is 0 Å². The zero-order valence-corrected chi connectivity index (χ0v) is 11.5. The molecule has 1 unspecified atom stereocenters. The first-order chi connectivity index (χ1) is 10.1. The van der Waals surface area contributed by atoms with Crippen LogP contribution in [-0.4, -0.2) is 24.8 Å². The van der Waals surface area contributed by atoms with Gasteiger partial charge < -0.3 is 19.9 Å². The number of phenols is 1. The van der Waals surface area contributed by atoms with Gasteiger partial charge in [0.05, 0.1) is 6.04 Å². The number of nitrogens with zero attached hydrogens (tertiary/aromatic N) is 4. The summed E-state index contributed by atoms with van der Waals surface area (Å²) in [7, 11) is 1.86. The van der Waals surface area contributed by atoms with E-state index in [4.69, 9.17) is 10.3 Å². The van der Waals surface area contributed by atoms with E-state index < -0.39 is 6.04 Å². The molecule has 0 radical (unpaired) electrons. The third kappa shape index (κ3) is 2.77. The molecule has 7 heteroatoms. The molecule has 1 atom stereocenters. The summed E-state index contributed by atoms with van der Waals surface area (Å²) < 4.78 is 7.02. The van der Waals surface area contributed by atoms with E-state index in [0.717, 1.165) is 5.56 Å². The van der Waals surface area contributed by atoms with Crippen molar-refractivity contribution in [1.29, 1.82) is 0 Å². The van der Waals surface area contributed by atoms with Crippen molar-refractivity contribution >= 4 is 0 Å². The quantitative estimate of drug-likeness (QED) is 0.751. The second-order valence-corrected chi connectivity index (χ2v) is 4.80. The number of aryl methyl sites for hydroxylation is 1. The maximum absolute atomic E-state index is 9.26. The fourth-order valence-corrected chi connectivity index (χ4v) is 2.03. The molecule has 3 N–H and O–H groups in total. The number of phenolic OH excluding ortho intramolecular Hbond substituents is 1. The Morgan fingerprint density at radius 3 is 2.76 bits per heavy atom. The second kappa shape index (κ2) is 5.37. The van der Waals surface area contributed by atoms with Gasteiger partial charge in [-0.2, -0.15) is 4.98 Å². The molecule has 7 nitrogen and oxygen atoms in total. The standard InChI is InChI=1S/C14H15N5O2/c1-19-7-6-16-13(19)12-17-14(21-18-12)11(15)8-9-2-4-10(20)5-3-9/h2-7,11,20H,8,15H2,1H3. The van der Waals surface area contributed by atoms with Gasteiger partial charge in [0.15, 0.2) is 5.82 Å². The first-order valence-electron chi connectivity index (χ1n) is 6.48. The van der Waals surface area contributed by atoms with Crippen LogP contribution in [0.15, 0.2) is 41.2 Å². The van der Waals surface area contributed by atoms with Gasteiger partial charge in [-0.1, -0.05) is 17.3 Å². The number of imidazole rings is 1. The molecular formula is C14H15N5O2. The third-order valence-corrected chi connectivity index (χ3v) is 3.17. The lowest BCUT2D eigenvalue weighted by atomic mass is 10.1. The number of aromatic hydroxyl groups is 1. The minimum atomic E-state index is -0.406. The Balaban J connectivity index is 1.76. The van der Waals surface area contributed by atoms with E-state index in [1.165, 1.54) is 0 Å². The van der Waals surface area contributed by atoms with Gasteiger partial charge in [0.25, 0.3) is 0 Å². The van der Waals surface area contributed by atoms with Crippen LogP contribution < -0.4 is 5.73 Å². The first-order valence-corrected chi connectivity index (χ1v) is 6.48. The Morgan fingerprint density at radius 2 is 2.10 bits per heavy atom. The van der Waals surface area contributed by atoms with Crippen LogP contribution in [0.25, 0.3) is 11.6 Å². The van der Waals surface area contributed by atoms with E-state index in [2.05, 4.69) is 15.1 Å². The summed E-state index contributed by atoms with van der Waals surface area (Å²) in [5.74, 6) is 1.63. The molecule has 0 saturated heterocycles. The van der Waals surface area contributed by atoms with Gasteiger partial charge in [0.2, 0.25) is 11.7 Å². The molecule has 0 fully saturated rings. The summed E-state index contributed by atoms with van der Waals surface area (Å²) in [4.78, 5) is 8.45. The number of aromatic nitrogens is 4. The monoisotopic (exact) mass is 285 g/mol. The van der Waals surface area contributed by atoms with E-state index in [1.54, 1.807) is 22.9 Å². The molecule has 108 valence electrons. The van der Waals surface area contributed by atoms with Crippen molar-refractivity contribution in [3.05, 3.63) is 48.1 Å². The number of nitrogens with two attached hydrogens (primary N) is 1. The average molecular weight is 285 g/mol. The van der Waals surface area contributed by atoms with Crippen LogP contribution in [-0.2, 0) is 13.5 Å². The van der Waals surface area contributed by atoms with Gasteiger partial charge in [-0.15, -0.1) is 0 Å². The van der Waals surface area contributed by atoms with Crippen LogP contribution in [0.3, 0.4) is 0 Å². The highest BCUT2D eigenvalue weighted by molar-refractivity contribution is 5.42. The van der Waals surface area contributed by atoms with Gasteiger partial charge in [-0.3, -0.25) is 0 Å². The Labute approximate surface area is 121 Å². The molecule has 3 rings (SSSR count). The molecule has 1 aromatic carbocycles. The van der Waals surface area contributed by atoms with Gasteiger partial charge >= 0.3 is 0 Å². The zero-order chi connectivity index (χ0) is 14.8. The molecule has 0 aliphatic rings. The molecule has 21 heavy (non-hydrogen) atoms. The summed E-state index contributed by atoms with van der Waals surface area (Å²) in [6.45, 7) is 0. The molecule has 2 heterocycles. The van der Waals surface area contributed by atoms with Crippen molar-refractivity contribution in [3.8, 4) is 17.4 Å². The van der Waals surface area contributed by atoms with Crippen molar-refractivity contribution in [1.82, 2.24) is 19.7 Å². The lowest BCUT2D eigenvalue weighted by molar-refractivity contribution is 0.354. The van der Waals surface area contributed by atoms with Crippen LogP contribution >= 0.6 is 0 Å². The number of hydrogen-bond acceptors (Lipinski definition) is 6. The van der Waals surface area contributed by atoms with Crippen molar-refractivity contribution < 1.29 is 9.63 Å². The van der Waals surface area contributed by atoms with Crippen molar-refractivity contribution in [3.63, 3.8) is 0 Å². The van der Waals surface area contributed by atoms with E-state index in [1.807, 2.05) is 25.4 Å². The maximum Gasteiger partial charge on any atom is 0.244 e. The Bertz CT molecular complexity index is 732. The van der Waals surface area contributed by atoms with E-state index in [9.17, 15) is 5.11 Å². The minimum Gasteiger partial charge on any atom is -0.508 e. The Hall–Kier alpha value is -2.67. The van der Waals surface area contributed by atoms with Crippen molar-refractivity contribution in [2.75, 3.05) is 0 Å². The molecule has 0 saturated carbocycles. The van der Waals surface area contributed by atoms with Crippen LogP contribution in [0.2, 0.25) is 0 Å². The fourth-order valence-electron chi connectivity index (χ4n) is 2.03. The minimum absolute atomic E-state index is 0.224. The lowest BCUT2D eigenvalue weighted by Gasteiger charge is -2.06. The van der Waals surface area contributed by atoms with Crippen LogP contribution in [0.4, 0.5) is 0 Å². The van der Waals surface area contributed by atoms with Crippen LogP contribution in [0.1, 0.15) is 17.5 Å². The highest BCUT2D eigenvalue weighted by atomic mass is 16.5. The SMILES string of the molecule is Cn1ccnc1-c1noc(C(N)Cc2ccc(O)cc2)n1. The average Bonchev–Trinajstić information content (AvgIpc) is 3.09. The summed E-state index contributed by atoms with van der Waals surface area (Å²) >= 11 is 0. The van der Waals surface area contributed by atoms with E-state index >= 15 is 0 Å². The predicted octanol–water partition coefficient (Wildman–Crippen LogP) is 1.42. The molecule has 0 amide bonds. The molecule has 0 spiro atoms. The normalized spacial score (nSPS) is 12.5. The topological polar surface area (TPSA) is 103 Å². The lowest BCUT2D eigenvalue weighted by Crippen LogP contribution is -2.13. The van der Waals surface area contributed by atoms with Gasteiger partial charge in [0.1, 0.15) is 5.75 Å². The number of rotatable bonds is 4. The summed E-state index contributed by atoms with van der Waals surface area (Å²) in [5, 5.41) is 13.2. The van der Waals surface area contributed by atoms with Gasteiger partial charge in [-0.05, 0) is 24.1 Å². The molecule has 0 aliphatic carbocycles. The Morgan fingerprint density at radius 1 is 1.33 bits per heavy atom. The van der Waals surface area contributed by atoms with Gasteiger partial charge in [0, 0.05) is 19.4 Å². The highest BCUT2D eigenvalue weighted by Crippen LogP contribution is 2.19. The zero-order valence-electron chi connectivity index (χ0n) is 11.5. The predicted molar refractivity (Wildman–Crippen MR) is 75.2 cm³/mol. The second-order valence-electron chi connectivity index (χ2n) is 4.80.